The van der Waals surface area contributed by atoms with E-state index in [1.807, 2.05) is 0 Å². The predicted octanol–water partition coefficient (Wildman–Crippen LogP) is -0.806. The largest absolute Gasteiger partial charge is 0.488 e. The van der Waals surface area contributed by atoms with Crippen LogP contribution in [0.25, 0.3) is 11.2 Å². The maximum absolute atomic E-state index is 9.15. The third kappa shape index (κ3) is 2.78. The molecule has 0 amide bonds. The zero-order valence-electron chi connectivity index (χ0n) is 10.9. The van der Waals surface area contributed by atoms with Gasteiger partial charge in [0.2, 0.25) is 11.8 Å². The first-order valence-corrected chi connectivity index (χ1v) is 6.18. The Bertz CT molecular complexity index is 776. The number of hydrogen-bond donors (Lipinski definition) is 4. The Balaban J connectivity index is 1.83. The molecule has 0 radical (unpaired) electrons. The number of nitrogens with zero attached hydrogens (tertiary/aromatic N) is 3. The Morgan fingerprint density at radius 3 is 2.95 bits per heavy atom. The van der Waals surface area contributed by atoms with E-state index in [4.69, 9.17) is 20.5 Å². The third-order valence-electron chi connectivity index (χ3n) is 2.89. The molecule has 3 aromatic rings. The molecule has 8 nitrogen and oxygen atoms in total. The summed E-state index contributed by atoms with van der Waals surface area (Å²) in [5, 5.41) is 18.3. The van der Waals surface area contributed by atoms with Gasteiger partial charge in [0, 0.05) is 0 Å². The number of nitrogens with two attached hydrogens (primary N) is 1. The van der Waals surface area contributed by atoms with Crippen molar-refractivity contribution < 1.29 is 14.8 Å². The van der Waals surface area contributed by atoms with Crippen molar-refractivity contribution in [2.24, 2.45) is 0 Å². The minimum atomic E-state index is -1.51. The number of nitrogens with one attached hydrogen (secondary N) is 1. The summed E-state index contributed by atoms with van der Waals surface area (Å²) in [4.78, 5) is 14.9. The van der Waals surface area contributed by atoms with Crippen LogP contribution in [0, 0.1) is 0 Å². The van der Waals surface area contributed by atoms with Crippen LogP contribution in [0.1, 0.15) is 5.56 Å². The topological polar surface area (TPSA) is 130 Å². The number of imidazole rings is 1. The molecule has 5 N–H and O–H groups in total. The van der Waals surface area contributed by atoms with Crippen LogP contribution in [0.4, 0.5) is 5.95 Å². The molecule has 0 aliphatic heterocycles. The lowest BCUT2D eigenvalue weighted by molar-refractivity contribution is 0.297. The van der Waals surface area contributed by atoms with Crippen LogP contribution in [0.2, 0.25) is 0 Å². The Morgan fingerprint density at radius 1 is 1.29 bits per heavy atom. The summed E-state index contributed by atoms with van der Waals surface area (Å²) < 4.78 is 5.61. The fourth-order valence-corrected chi connectivity index (χ4v) is 1.92. The van der Waals surface area contributed by atoms with E-state index in [0.717, 1.165) is 5.56 Å². The predicted molar refractivity (Wildman–Crippen MR) is 76.7 cm³/mol. The highest BCUT2D eigenvalue weighted by molar-refractivity contribution is 6.58. The molecule has 21 heavy (non-hydrogen) atoms. The molecule has 0 unspecified atom stereocenters. The molecule has 3 rings (SSSR count). The van der Waals surface area contributed by atoms with Crippen LogP contribution in [0.3, 0.4) is 0 Å². The standard InChI is InChI=1S/C12H12BN5O3/c14-12-17-10-9(15-6-16-10)11(18-12)21-5-7-2-1-3-8(4-7)13(19)20/h1-4,6,19-20H,5H2,(H3,14,15,16,17,18). The Morgan fingerprint density at radius 2 is 2.14 bits per heavy atom. The van der Waals surface area contributed by atoms with Crippen LogP contribution in [0.15, 0.2) is 30.6 Å². The summed E-state index contributed by atoms with van der Waals surface area (Å²) in [5.41, 5.74) is 7.74. The van der Waals surface area contributed by atoms with E-state index in [1.165, 1.54) is 6.33 Å². The molecule has 2 aromatic heterocycles. The SMILES string of the molecule is Nc1nc(OCc2cccc(B(O)O)c2)c2[nH]cnc2n1. The van der Waals surface area contributed by atoms with Gasteiger partial charge in [0.25, 0.3) is 0 Å². The highest BCUT2D eigenvalue weighted by Crippen LogP contribution is 2.20. The van der Waals surface area contributed by atoms with Gasteiger partial charge in [-0.1, -0.05) is 24.3 Å². The van der Waals surface area contributed by atoms with Crippen LogP contribution >= 0.6 is 0 Å². The van der Waals surface area contributed by atoms with E-state index in [1.54, 1.807) is 24.3 Å². The first kappa shape index (κ1) is 13.3. The van der Waals surface area contributed by atoms with Crippen molar-refractivity contribution in [2.75, 3.05) is 5.73 Å². The average molecular weight is 285 g/mol. The highest BCUT2D eigenvalue weighted by Gasteiger charge is 2.12. The van der Waals surface area contributed by atoms with Crippen molar-refractivity contribution in [3.8, 4) is 5.88 Å². The molecular formula is C12H12BN5O3. The van der Waals surface area contributed by atoms with Gasteiger partial charge in [-0.15, -0.1) is 0 Å². The summed E-state index contributed by atoms with van der Waals surface area (Å²) in [7, 11) is -1.51. The Labute approximate surface area is 119 Å². The monoisotopic (exact) mass is 285 g/mol. The minimum absolute atomic E-state index is 0.0733. The van der Waals surface area contributed by atoms with Gasteiger partial charge in [-0.3, -0.25) is 0 Å². The molecule has 0 aliphatic rings. The number of rotatable bonds is 4. The normalized spacial score (nSPS) is 10.8. The lowest BCUT2D eigenvalue weighted by Gasteiger charge is -2.08. The molecule has 2 heterocycles. The number of anilines is 1. The number of aromatic nitrogens is 4. The smallest absolute Gasteiger partial charge is 0.471 e. The fraction of sp³-hybridized carbons (Fsp3) is 0.0833. The number of ether oxygens (including phenoxy) is 1. The van der Waals surface area contributed by atoms with E-state index in [-0.39, 0.29) is 12.6 Å². The van der Waals surface area contributed by atoms with Gasteiger partial charge >= 0.3 is 7.12 Å². The number of aromatic amines is 1. The van der Waals surface area contributed by atoms with Gasteiger partial charge in [-0.05, 0) is 11.0 Å². The maximum Gasteiger partial charge on any atom is 0.488 e. The average Bonchev–Trinajstić information content (AvgIpc) is 2.93. The zero-order valence-corrected chi connectivity index (χ0v) is 10.9. The second kappa shape index (κ2) is 5.39. The van der Waals surface area contributed by atoms with Gasteiger partial charge in [0.1, 0.15) is 12.1 Å². The van der Waals surface area contributed by atoms with E-state index in [0.29, 0.717) is 22.5 Å². The number of hydrogen-bond acceptors (Lipinski definition) is 7. The molecule has 0 fully saturated rings. The van der Waals surface area contributed by atoms with Crippen LogP contribution in [0.5, 0.6) is 5.88 Å². The van der Waals surface area contributed by atoms with E-state index in [9.17, 15) is 0 Å². The molecule has 106 valence electrons. The Hall–Kier alpha value is -2.65. The van der Waals surface area contributed by atoms with Crippen molar-refractivity contribution in [3.63, 3.8) is 0 Å². The molecule has 0 atom stereocenters. The summed E-state index contributed by atoms with van der Waals surface area (Å²) in [6, 6.07) is 6.78. The minimum Gasteiger partial charge on any atom is -0.471 e. The molecule has 1 aromatic carbocycles. The first-order chi connectivity index (χ1) is 10.1. The van der Waals surface area contributed by atoms with Gasteiger partial charge in [-0.2, -0.15) is 9.97 Å². The molecule has 0 saturated carbocycles. The van der Waals surface area contributed by atoms with Gasteiger partial charge in [0.05, 0.1) is 6.33 Å². The summed E-state index contributed by atoms with van der Waals surface area (Å²) >= 11 is 0. The summed E-state index contributed by atoms with van der Waals surface area (Å²) in [6.45, 7) is 0.200. The Kier molecular flexibility index (Phi) is 3.42. The van der Waals surface area contributed by atoms with Gasteiger partial charge in [0.15, 0.2) is 5.65 Å². The van der Waals surface area contributed by atoms with E-state index < -0.39 is 7.12 Å². The van der Waals surface area contributed by atoms with Crippen molar-refractivity contribution in [1.29, 1.82) is 0 Å². The van der Waals surface area contributed by atoms with Crippen molar-refractivity contribution in [2.45, 2.75) is 6.61 Å². The lowest BCUT2D eigenvalue weighted by Crippen LogP contribution is -2.29. The molecule has 9 heteroatoms. The third-order valence-corrected chi connectivity index (χ3v) is 2.89. The molecular weight excluding hydrogens is 273 g/mol. The fourth-order valence-electron chi connectivity index (χ4n) is 1.92. The number of H-pyrrole nitrogens is 1. The molecule has 0 spiro atoms. The van der Waals surface area contributed by atoms with Gasteiger partial charge < -0.3 is 25.5 Å². The summed E-state index contributed by atoms with van der Waals surface area (Å²) in [5.74, 6) is 0.370. The van der Waals surface area contributed by atoms with Crippen molar-refractivity contribution in [3.05, 3.63) is 36.2 Å². The second-order valence-corrected chi connectivity index (χ2v) is 4.40. The number of nitrogen functional groups attached to an aromatic ring is 1. The summed E-state index contributed by atoms with van der Waals surface area (Å²) in [6.07, 6.45) is 1.48. The van der Waals surface area contributed by atoms with E-state index >= 15 is 0 Å². The van der Waals surface area contributed by atoms with Crippen LogP contribution in [-0.4, -0.2) is 37.1 Å². The number of benzene rings is 1. The van der Waals surface area contributed by atoms with Crippen molar-refractivity contribution >= 4 is 29.7 Å². The van der Waals surface area contributed by atoms with Gasteiger partial charge in [-0.25, -0.2) is 4.98 Å². The molecule has 0 saturated heterocycles. The van der Waals surface area contributed by atoms with Crippen LogP contribution < -0.4 is 15.9 Å². The highest BCUT2D eigenvalue weighted by atomic mass is 16.5. The first-order valence-electron chi connectivity index (χ1n) is 6.18. The molecule has 0 aliphatic carbocycles. The van der Waals surface area contributed by atoms with E-state index in [2.05, 4.69) is 19.9 Å². The van der Waals surface area contributed by atoms with Crippen LogP contribution in [-0.2, 0) is 6.61 Å². The van der Waals surface area contributed by atoms with Crippen molar-refractivity contribution in [1.82, 2.24) is 19.9 Å². The second-order valence-electron chi connectivity index (χ2n) is 4.40. The lowest BCUT2D eigenvalue weighted by atomic mass is 9.80. The maximum atomic E-state index is 9.15. The quantitative estimate of drug-likeness (QED) is 0.461. The molecule has 0 bridgehead atoms. The number of fused-ring (bicyclic) bond motifs is 1. The zero-order chi connectivity index (χ0) is 14.8.